The van der Waals surface area contributed by atoms with E-state index < -0.39 is 0 Å². The van der Waals surface area contributed by atoms with Gasteiger partial charge in [0.1, 0.15) is 0 Å². The molecule has 0 aromatic rings. The van der Waals surface area contributed by atoms with E-state index in [0.717, 1.165) is 0 Å². The van der Waals surface area contributed by atoms with Crippen molar-refractivity contribution in [2.75, 3.05) is 6.67 Å². The van der Waals surface area contributed by atoms with Gasteiger partial charge < -0.3 is 5.48 Å². The van der Waals surface area contributed by atoms with E-state index in [1.54, 1.807) is 0 Å². The third kappa shape index (κ3) is 8.83. The summed E-state index contributed by atoms with van der Waals surface area (Å²) in [6, 6.07) is 0. The second-order valence-electron chi connectivity index (χ2n) is 0.640. The van der Waals surface area contributed by atoms with Crippen LogP contribution in [0.5, 0.6) is 0 Å². The van der Waals surface area contributed by atoms with E-state index in [0.29, 0.717) is 0 Å². The maximum atomic E-state index is 9.20. The second kappa shape index (κ2) is 9.21. The van der Waals surface area contributed by atoms with Crippen LogP contribution in [0.2, 0.25) is 0 Å². The van der Waals surface area contributed by atoms with Gasteiger partial charge in [0.15, 0.2) is 6.67 Å². The third-order valence-corrected chi connectivity index (χ3v) is 0.271. The van der Waals surface area contributed by atoms with Crippen LogP contribution >= 0.6 is 0 Å². The minimum Gasteiger partial charge on any atom is -0.412 e. The van der Waals surface area contributed by atoms with E-state index in [4.69, 9.17) is 0 Å². The monoisotopic (exact) mass is 116 g/mol. The van der Waals surface area contributed by atoms with Crippen LogP contribution in [-0.2, 0) is 9.59 Å². The van der Waals surface area contributed by atoms with Crippen molar-refractivity contribution in [1.29, 1.82) is 0 Å². The molecular formula is C3H4N2O3. The lowest BCUT2D eigenvalue weighted by molar-refractivity contribution is 0.560. The first-order valence-corrected chi connectivity index (χ1v) is 1.49. The lowest BCUT2D eigenvalue weighted by atomic mass is 11.1. The largest absolute Gasteiger partial charge is 0.412 e. The number of nitrogens with zero attached hydrogens (tertiary/aromatic N) is 2. The topological polar surface area (TPSA) is 90.4 Å². The van der Waals surface area contributed by atoms with Crippen molar-refractivity contribution in [3.05, 3.63) is 0 Å². The van der Waals surface area contributed by atoms with Crippen LogP contribution in [0.3, 0.4) is 0 Å². The maximum absolute atomic E-state index is 9.20. The van der Waals surface area contributed by atoms with Crippen LogP contribution in [0.4, 0.5) is 0 Å². The molecule has 0 unspecified atom stereocenters. The Kier molecular flexibility index (Phi) is 11.4. The first-order valence-electron chi connectivity index (χ1n) is 1.49. The standard InChI is InChI=1S/C3H2N2O2.H2O/c6-2-4-1-5-3-7;/h1H2;1H2. The minimum absolute atomic E-state index is 0. The van der Waals surface area contributed by atoms with Crippen LogP contribution in [0.1, 0.15) is 0 Å². The van der Waals surface area contributed by atoms with Crippen LogP contribution in [0.15, 0.2) is 9.98 Å². The summed E-state index contributed by atoms with van der Waals surface area (Å²) in [5.41, 5.74) is 0. The average molecular weight is 116 g/mol. The smallest absolute Gasteiger partial charge is 0.236 e. The summed E-state index contributed by atoms with van der Waals surface area (Å²) in [7, 11) is 0. The Morgan fingerprint density at radius 2 is 1.50 bits per heavy atom. The van der Waals surface area contributed by atoms with Gasteiger partial charge in [0.2, 0.25) is 12.2 Å². The summed E-state index contributed by atoms with van der Waals surface area (Å²) < 4.78 is 0. The highest BCUT2D eigenvalue weighted by Gasteiger charge is 1.63. The Labute approximate surface area is 45.1 Å². The first-order chi connectivity index (χ1) is 3.41. The SMILES string of the molecule is O.O=C=NCN=C=O. The minimum atomic E-state index is -0.160. The van der Waals surface area contributed by atoms with Gasteiger partial charge >= 0.3 is 0 Å². The first kappa shape index (κ1) is 9.87. The fourth-order valence-electron chi connectivity index (χ4n) is 0.0931. The Bertz CT molecular complexity index is 115. The highest BCUT2D eigenvalue weighted by molar-refractivity contribution is 5.35. The van der Waals surface area contributed by atoms with Gasteiger partial charge in [-0.15, -0.1) is 0 Å². The summed E-state index contributed by atoms with van der Waals surface area (Å²) >= 11 is 0. The summed E-state index contributed by atoms with van der Waals surface area (Å²) in [6.07, 6.45) is 2.41. The van der Waals surface area contributed by atoms with Crippen LogP contribution in [-0.4, -0.2) is 24.3 Å². The Balaban J connectivity index is 0. The molecule has 0 saturated heterocycles. The molecule has 0 spiro atoms. The molecule has 5 nitrogen and oxygen atoms in total. The maximum Gasteiger partial charge on any atom is 0.236 e. The molecule has 0 radical (unpaired) electrons. The molecule has 0 heterocycles. The van der Waals surface area contributed by atoms with E-state index in [1.165, 1.54) is 12.2 Å². The van der Waals surface area contributed by atoms with Gasteiger partial charge in [0.05, 0.1) is 0 Å². The zero-order valence-electron chi connectivity index (χ0n) is 3.92. The lowest BCUT2D eigenvalue weighted by Gasteiger charge is -1.63. The normalized spacial score (nSPS) is 5.00. The van der Waals surface area contributed by atoms with Crippen molar-refractivity contribution < 1.29 is 15.1 Å². The Hall–Kier alpha value is -1.28. The predicted molar refractivity (Wildman–Crippen MR) is 24.7 cm³/mol. The Morgan fingerprint density at radius 1 is 1.12 bits per heavy atom. The molecule has 2 N–H and O–H groups in total. The molecule has 0 fully saturated rings. The fourth-order valence-corrected chi connectivity index (χ4v) is 0.0931. The number of rotatable bonds is 2. The van der Waals surface area contributed by atoms with Crippen LogP contribution in [0, 0.1) is 0 Å². The molecule has 44 valence electrons. The molecule has 0 aromatic carbocycles. The number of hydrogen-bond donors (Lipinski definition) is 0. The summed E-state index contributed by atoms with van der Waals surface area (Å²) in [4.78, 5) is 24.2. The molecular weight excluding hydrogens is 112 g/mol. The van der Waals surface area contributed by atoms with Crippen molar-refractivity contribution in [3.63, 3.8) is 0 Å². The van der Waals surface area contributed by atoms with E-state index in [1.807, 2.05) is 0 Å². The third-order valence-electron chi connectivity index (χ3n) is 0.271. The molecule has 0 bridgehead atoms. The molecule has 0 aliphatic carbocycles. The zero-order chi connectivity index (χ0) is 5.54. The van der Waals surface area contributed by atoms with Gasteiger partial charge in [-0.2, -0.15) is 9.98 Å². The number of aliphatic imine (C=N–C) groups is 2. The van der Waals surface area contributed by atoms with Crippen LogP contribution < -0.4 is 0 Å². The zero-order valence-corrected chi connectivity index (χ0v) is 3.92. The average Bonchev–Trinajstić information content (AvgIpc) is 1.69. The van der Waals surface area contributed by atoms with Crippen molar-refractivity contribution in [3.8, 4) is 0 Å². The highest BCUT2D eigenvalue weighted by Crippen LogP contribution is 1.61. The van der Waals surface area contributed by atoms with Gasteiger partial charge in [-0.05, 0) is 0 Å². The molecule has 5 heteroatoms. The van der Waals surface area contributed by atoms with E-state index in [2.05, 4.69) is 9.98 Å². The van der Waals surface area contributed by atoms with Gasteiger partial charge in [-0.25, -0.2) is 9.59 Å². The summed E-state index contributed by atoms with van der Waals surface area (Å²) in [5.74, 6) is 0. The number of carbonyl (C=O) groups excluding carboxylic acids is 2. The number of hydrogen-bond acceptors (Lipinski definition) is 4. The molecule has 0 aliphatic heterocycles. The lowest BCUT2D eigenvalue weighted by Crippen LogP contribution is -1.66. The Morgan fingerprint density at radius 3 is 1.75 bits per heavy atom. The van der Waals surface area contributed by atoms with Gasteiger partial charge in [-0.1, -0.05) is 0 Å². The summed E-state index contributed by atoms with van der Waals surface area (Å²) in [6.45, 7) is -0.160. The van der Waals surface area contributed by atoms with Crippen LogP contribution in [0.25, 0.3) is 0 Å². The molecule has 0 aliphatic rings. The van der Waals surface area contributed by atoms with Crippen molar-refractivity contribution in [1.82, 2.24) is 0 Å². The molecule has 0 saturated carbocycles. The highest BCUT2D eigenvalue weighted by atomic mass is 16.1. The number of isocyanates is 2. The molecule has 0 atom stereocenters. The molecule has 8 heavy (non-hydrogen) atoms. The predicted octanol–water partition coefficient (Wildman–Crippen LogP) is -1.21. The summed E-state index contributed by atoms with van der Waals surface area (Å²) in [5, 5.41) is 0. The second-order valence-corrected chi connectivity index (χ2v) is 0.640. The molecule has 0 aromatic heterocycles. The van der Waals surface area contributed by atoms with E-state index in [9.17, 15) is 9.59 Å². The van der Waals surface area contributed by atoms with Crippen molar-refractivity contribution in [2.24, 2.45) is 9.98 Å². The fraction of sp³-hybridized carbons (Fsp3) is 0.333. The quantitative estimate of drug-likeness (QED) is 0.334. The van der Waals surface area contributed by atoms with Gasteiger partial charge in [-0.3, -0.25) is 0 Å². The molecule has 0 rings (SSSR count). The van der Waals surface area contributed by atoms with E-state index >= 15 is 0 Å². The van der Waals surface area contributed by atoms with E-state index in [-0.39, 0.29) is 12.1 Å². The van der Waals surface area contributed by atoms with Gasteiger partial charge in [0.25, 0.3) is 0 Å². The molecule has 0 amide bonds. The van der Waals surface area contributed by atoms with Gasteiger partial charge in [0, 0.05) is 0 Å². The van der Waals surface area contributed by atoms with Crippen molar-refractivity contribution in [2.45, 2.75) is 0 Å². The van der Waals surface area contributed by atoms with Crippen molar-refractivity contribution >= 4 is 12.2 Å².